The van der Waals surface area contributed by atoms with Crippen molar-refractivity contribution in [2.24, 2.45) is 11.8 Å². The van der Waals surface area contributed by atoms with Gasteiger partial charge in [-0.2, -0.15) is 4.98 Å². The molecule has 1 atom stereocenters. The summed E-state index contributed by atoms with van der Waals surface area (Å²) in [7, 11) is -3.23. The molecule has 0 bridgehead atoms. The highest BCUT2D eigenvalue weighted by Gasteiger charge is 2.40. The monoisotopic (exact) mass is 553 g/mol. The third kappa shape index (κ3) is 5.26. The molecule has 4 heterocycles. The summed E-state index contributed by atoms with van der Waals surface area (Å²) in [5.74, 6) is 2.03. The molecule has 9 nitrogen and oxygen atoms in total. The van der Waals surface area contributed by atoms with E-state index in [0.29, 0.717) is 27.9 Å². The van der Waals surface area contributed by atoms with Crippen LogP contribution < -0.4 is 9.64 Å². The molecule has 38 heavy (non-hydrogen) atoms. The Bertz CT molecular complexity index is 1540. The van der Waals surface area contributed by atoms with Crippen LogP contribution in [0.4, 0.5) is 6.01 Å². The molecule has 0 amide bonds. The first-order valence-corrected chi connectivity index (χ1v) is 15.8. The zero-order chi connectivity index (χ0) is 26.4. The lowest BCUT2D eigenvalue weighted by Crippen LogP contribution is -2.40. The predicted molar refractivity (Wildman–Crippen MR) is 146 cm³/mol. The fourth-order valence-electron chi connectivity index (χ4n) is 5.01. The van der Waals surface area contributed by atoms with Crippen LogP contribution in [0.25, 0.3) is 21.6 Å². The molecule has 1 saturated carbocycles. The first kappa shape index (κ1) is 25.2. The number of hydrogen-bond acceptors (Lipinski definition) is 10. The Morgan fingerprint density at radius 3 is 2.32 bits per heavy atom. The number of nitrogens with zero attached hydrogens (tertiary/aromatic N) is 5. The van der Waals surface area contributed by atoms with Crippen molar-refractivity contribution in [3.05, 3.63) is 42.2 Å². The maximum absolute atomic E-state index is 11.8. The average Bonchev–Trinajstić information content (AvgIpc) is 3.46. The van der Waals surface area contributed by atoms with Crippen LogP contribution in [-0.2, 0) is 9.84 Å². The molecule has 1 saturated heterocycles. The van der Waals surface area contributed by atoms with Gasteiger partial charge in [-0.1, -0.05) is 42.5 Å². The van der Waals surface area contributed by atoms with Crippen LogP contribution in [0, 0.1) is 11.8 Å². The normalized spacial score (nSPS) is 17.8. The van der Waals surface area contributed by atoms with E-state index in [4.69, 9.17) is 19.2 Å². The number of hydrogen-bond donors (Lipinski definition) is 0. The first-order valence-electron chi connectivity index (χ1n) is 13.1. The van der Waals surface area contributed by atoms with Crippen LogP contribution in [0.5, 0.6) is 5.19 Å². The van der Waals surface area contributed by atoms with Gasteiger partial charge >= 0.3 is 6.01 Å². The minimum atomic E-state index is -3.23. The van der Waals surface area contributed by atoms with Crippen molar-refractivity contribution in [3.63, 3.8) is 0 Å². The number of ether oxygens (including phenoxy) is 1. The number of thiazole rings is 1. The van der Waals surface area contributed by atoms with Crippen molar-refractivity contribution in [2.45, 2.75) is 56.4 Å². The Hall–Kier alpha value is -3.05. The van der Waals surface area contributed by atoms with Gasteiger partial charge in [-0.15, -0.1) is 0 Å². The van der Waals surface area contributed by atoms with E-state index < -0.39 is 9.84 Å². The van der Waals surface area contributed by atoms with Gasteiger partial charge in [0, 0.05) is 30.8 Å². The molecule has 0 radical (unpaired) electrons. The van der Waals surface area contributed by atoms with E-state index in [1.54, 1.807) is 24.3 Å². The molecule has 1 aliphatic heterocycles. The summed E-state index contributed by atoms with van der Waals surface area (Å²) in [6.45, 7) is 5.88. The van der Waals surface area contributed by atoms with Crippen LogP contribution in [0.3, 0.4) is 0 Å². The third-order valence-electron chi connectivity index (χ3n) is 7.36. The van der Waals surface area contributed by atoms with Crippen molar-refractivity contribution < 1.29 is 17.7 Å². The van der Waals surface area contributed by atoms with Gasteiger partial charge in [0.25, 0.3) is 5.19 Å². The highest BCUT2D eigenvalue weighted by molar-refractivity contribution is 7.90. The summed E-state index contributed by atoms with van der Waals surface area (Å²) >= 11 is 1.47. The number of aromatic nitrogens is 4. The van der Waals surface area contributed by atoms with Crippen molar-refractivity contribution in [3.8, 4) is 16.5 Å². The lowest BCUT2D eigenvalue weighted by Gasteiger charge is -2.34. The van der Waals surface area contributed by atoms with E-state index in [0.717, 1.165) is 53.4 Å². The van der Waals surface area contributed by atoms with E-state index >= 15 is 0 Å². The third-order valence-corrected chi connectivity index (χ3v) is 9.34. The van der Waals surface area contributed by atoms with Crippen LogP contribution in [0.2, 0.25) is 0 Å². The highest BCUT2D eigenvalue weighted by Crippen LogP contribution is 2.42. The second-order valence-electron chi connectivity index (χ2n) is 10.6. The van der Waals surface area contributed by atoms with Crippen molar-refractivity contribution in [2.75, 3.05) is 24.2 Å². The molecule has 2 fully saturated rings. The summed E-state index contributed by atoms with van der Waals surface area (Å²) in [5, 5.41) is 4.77. The SMILES string of the molecule is CC(C)c1noc(N2CCC(C(Oc3nc4ccc(-c5ccc(S(C)(=O)=O)cc5)nc4s3)C3CC3)CC2)n1. The van der Waals surface area contributed by atoms with Gasteiger partial charge in [0.1, 0.15) is 16.5 Å². The van der Waals surface area contributed by atoms with Gasteiger partial charge in [0.2, 0.25) is 0 Å². The van der Waals surface area contributed by atoms with E-state index in [1.807, 2.05) is 12.1 Å². The van der Waals surface area contributed by atoms with E-state index in [9.17, 15) is 8.42 Å². The molecule has 3 aromatic heterocycles. The predicted octanol–water partition coefficient (Wildman–Crippen LogP) is 5.34. The Kier molecular flexibility index (Phi) is 6.59. The Morgan fingerprint density at radius 1 is 0.974 bits per heavy atom. The van der Waals surface area contributed by atoms with Gasteiger partial charge < -0.3 is 14.2 Å². The van der Waals surface area contributed by atoms with Gasteiger partial charge in [-0.3, -0.25) is 0 Å². The molecule has 2 aliphatic rings. The average molecular weight is 554 g/mol. The maximum Gasteiger partial charge on any atom is 0.324 e. The quantitative estimate of drug-likeness (QED) is 0.285. The minimum Gasteiger partial charge on any atom is -0.466 e. The molecular weight excluding hydrogens is 522 g/mol. The van der Waals surface area contributed by atoms with Crippen LogP contribution in [0.15, 0.2) is 45.8 Å². The molecular formula is C27H31N5O4S2. The van der Waals surface area contributed by atoms with Crippen LogP contribution in [0.1, 0.15) is 51.3 Å². The fourth-order valence-corrected chi connectivity index (χ4v) is 6.47. The largest absolute Gasteiger partial charge is 0.466 e. The number of sulfone groups is 1. The topological polar surface area (TPSA) is 111 Å². The van der Waals surface area contributed by atoms with E-state index in [-0.39, 0.29) is 12.0 Å². The Balaban J connectivity index is 1.15. The number of anilines is 1. The van der Waals surface area contributed by atoms with Gasteiger partial charge in [0.15, 0.2) is 15.7 Å². The van der Waals surface area contributed by atoms with Gasteiger partial charge in [-0.05, 0) is 61.8 Å². The zero-order valence-corrected chi connectivity index (χ0v) is 23.3. The molecule has 1 aromatic carbocycles. The zero-order valence-electron chi connectivity index (χ0n) is 21.7. The molecule has 200 valence electrons. The first-order chi connectivity index (χ1) is 18.2. The minimum absolute atomic E-state index is 0.148. The molecule has 0 spiro atoms. The maximum atomic E-state index is 11.8. The standard InChI is InChI=1S/C27H31N5O4S2/c1-16(2)24-30-26(36-31-24)32-14-12-19(13-15-32)23(18-4-5-18)35-27-29-22-11-10-21(28-25(22)37-27)17-6-8-20(9-7-17)38(3,33)34/h6-11,16,18-19,23H,4-5,12-15H2,1-3H3. The molecule has 0 N–H and O–H groups in total. The fraction of sp³-hybridized carbons (Fsp3) is 0.481. The number of piperidine rings is 1. The Labute approximate surface area is 226 Å². The molecule has 1 unspecified atom stereocenters. The van der Waals surface area contributed by atoms with Crippen LogP contribution >= 0.6 is 11.3 Å². The molecule has 11 heteroatoms. The second-order valence-corrected chi connectivity index (χ2v) is 13.6. The lowest BCUT2D eigenvalue weighted by atomic mass is 9.89. The molecule has 1 aliphatic carbocycles. The second kappa shape index (κ2) is 9.92. The van der Waals surface area contributed by atoms with E-state index in [1.165, 1.54) is 30.4 Å². The van der Waals surface area contributed by atoms with Crippen molar-refractivity contribution >= 4 is 37.5 Å². The summed E-state index contributed by atoms with van der Waals surface area (Å²) in [6, 6.07) is 11.3. The number of fused-ring (bicyclic) bond motifs is 1. The Morgan fingerprint density at radius 2 is 1.68 bits per heavy atom. The number of pyridine rings is 1. The smallest absolute Gasteiger partial charge is 0.324 e. The number of rotatable bonds is 8. The van der Waals surface area contributed by atoms with Gasteiger partial charge in [0.05, 0.1) is 10.6 Å². The van der Waals surface area contributed by atoms with Crippen molar-refractivity contribution in [1.82, 2.24) is 20.1 Å². The molecule has 6 rings (SSSR count). The summed E-state index contributed by atoms with van der Waals surface area (Å²) in [4.78, 5) is 17.4. The van der Waals surface area contributed by atoms with Crippen LogP contribution in [-0.4, -0.2) is 54.0 Å². The van der Waals surface area contributed by atoms with E-state index in [2.05, 4.69) is 28.9 Å². The highest BCUT2D eigenvalue weighted by atomic mass is 32.2. The summed E-state index contributed by atoms with van der Waals surface area (Å²) in [5.41, 5.74) is 2.45. The lowest BCUT2D eigenvalue weighted by molar-refractivity contribution is 0.0955. The molecule has 4 aromatic rings. The number of benzene rings is 1. The van der Waals surface area contributed by atoms with Gasteiger partial charge in [-0.25, -0.2) is 18.4 Å². The van der Waals surface area contributed by atoms with Crippen molar-refractivity contribution in [1.29, 1.82) is 0 Å². The summed E-state index contributed by atoms with van der Waals surface area (Å²) < 4.78 is 35.6. The summed E-state index contributed by atoms with van der Waals surface area (Å²) in [6.07, 6.45) is 5.77.